The number of halogens is 5. The summed E-state index contributed by atoms with van der Waals surface area (Å²) in [5.41, 5.74) is 4.35. The molecular weight excluding hydrogens is 290 g/mol. The lowest BCUT2D eigenvalue weighted by Gasteiger charge is -2.17. The third-order valence-corrected chi connectivity index (χ3v) is 2.20. The van der Waals surface area contributed by atoms with Gasteiger partial charge in [-0.15, -0.1) is 12.4 Å². The lowest BCUT2D eigenvalue weighted by Crippen LogP contribution is -2.33. The lowest BCUT2D eigenvalue weighted by molar-refractivity contribution is -0.150. The number of ether oxygens (including phenoxy) is 1. The van der Waals surface area contributed by atoms with Crippen molar-refractivity contribution in [1.82, 2.24) is 0 Å². The number of carbonyl (C=O) groups is 1. The average Bonchev–Trinajstić information content (AvgIpc) is 2.26. The predicted octanol–water partition coefficient (Wildman–Crippen LogP) is 2.43. The Morgan fingerprint density at radius 1 is 1.32 bits per heavy atom. The second-order valence-electron chi connectivity index (χ2n) is 3.46. The lowest BCUT2D eigenvalue weighted by atomic mass is 10.0. The highest BCUT2D eigenvalue weighted by Gasteiger charge is 2.32. The van der Waals surface area contributed by atoms with Crippen molar-refractivity contribution in [3.8, 4) is 0 Å². The van der Waals surface area contributed by atoms with Crippen LogP contribution in [0, 0.1) is 17.5 Å². The minimum absolute atomic E-state index is 0. The van der Waals surface area contributed by atoms with E-state index in [2.05, 4.69) is 4.74 Å². The van der Waals surface area contributed by atoms with E-state index in [4.69, 9.17) is 5.73 Å². The molecule has 108 valence electrons. The molecule has 0 saturated carbocycles. The largest absolute Gasteiger partial charge is 0.464 e. The smallest absolute Gasteiger partial charge is 0.342 e. The van der Waals surface area contributed by atoms with Crippen LogP contribution in [0.25, 0.3) is 0 Å². The van der Waals surface area contributed by atoms with E-state index in [1.807, 2.05) is 0 Å². The Morgan fingerprint density at radius 3 is 2.21 bits per heavy atom. The Morgan fingerprint density at radius 2 is 1.79 bits per heavy atom. The molecule has 0 aromatic heterocycles. The van der Waals surface area contributed by atoms with Gasteiger partial charge in [-0.1, -0.05) is 0 Å². The molecular formula is C11H12ClF4NO2. The van der Waals surface area contributed by atoms with Crippen molar-refractivity contribution >= 4 is 18.4 Å². The van der Waals surface area contributed by atoms with Gasteiger partial charge in [-0.25, -0.2) is 22.4 Å². The van der Waals surface area contributed by atoms with Crippen molar-refractivity contribution in [2.45, 2.75) is 19.1 Å². The van der Waals surface area contributed by atoms with Gasteiger partial charge in [0, 0.05) is 17.7 Å². The van der Waals surface area contributed by atoms with Crippen molar-refractivity contribution in [3.05, 3.63) is 35.1 Å². The number of rotatable bonds is 4. The van der Waals surface area contributed by atoms with Gasteiger partial charge in [-0.2, -0.15) is 0 Å². The van der Waals surface area contributed by atoms with Crippen LogP contribution in [-0.4, -0.2) is 18.7 Å². The molecule has 2 atom stereocenters. The molecule has 0 fully saturated rings. The first kappa shape index (κ1) is 17.7. The van der Waals surface area contributed by atoms with Gasteiger partial charge < -0.3 is 10.5 Å². The van der Waals surface area contributed by atoms with E-state index in [1.165, 1.54) is 6.92 Å². The Bertz CT molecular complexity index is 435. The van der Waals surface area contributed by atoms with Gasteiger partial charge in [0.2, 0.25) is 6.17 Å². The van der Waals surface area contributed by atoms with Crippen LogP contribution < -0.4 is 5.73 Å². The van der Waals surface area contributed by atoms with Crippen molar-refractivity contribution in [3.63, 3.8) is 0 Å². The highest BCUT2D eigenvalue weighted by atomic mass is 35.5. The third kappa shape index (κ3) is 4.07. The second-order valence-corrected chi connectivity index (χ2v) is 3.46. The molecule has 0 aliphatic heterocycles. The van der Waals surface area contributed by atoms with E-state index in [-0.39, 0.29) is 19.0 Å². The van der Waals surface area contributed by atoms with Gasteiger partial charge in [0.05, 0.1) is 12.6 Å². The number of hydrogen-bond donors (Lipinski definition) is 1. The number of alkyl halides is 1. The first-order valence-electron chi connectivity index (χ1n) is 5.09. The molecule has 0 amide bonds. The Balaban J connectivity index is 0.00000324. The van der Waals surface area contributed by atoms with Gasteiger partial charge in [0.15, 0.2) is 0 Å². The summed E-state index contributed by atoms with van der Waals surface area (Å²) in [4.78, 5) is 11.1. The average molecular weight is 302 g/mol. The van der Waals surface area contributed by atoms with E-state index in [0.29, 0.717) is 12.1 Å². The van der Waals surface area contributed by atoms with Gasteiger partial charge in [0.1, 0.15) is 17.5 Å². The first-order chi connectivity index (χ1) is 8.38. The summed E-state index contributed by atoms with van der Waals surface area (Å²) in [6.45, 7) is 1.34. The molecule has 0 spiro atoms. The fraction of sp³-hybridized carbons (Fsp3) is 0.364. The molecule has 0 radical (unpaired) electrons. The van der Waals surface area contributed by atoms with E-state index >= 15 is 0 Å². The second kappa shape index (κ2) is 7.30. The molecule has 0 heterocycles. The summed E-state index contributed by atoms with van der Waals surface area (Å²) >= 11 is 0. The quantitative estimate of drug-likeness (QED) is 0.686. The van der Waals surface area contributed by atoms with Gasteiger partial charge >= 0.3 is 5.97 Å². The molecule has 1 aromatic rings. The maximum Gasteiger partial charge on any atom is 0.342 e. The van der Waals surface area contributed by atoms with E-state index < -0.39 is 41.2 Å². The Labute approximate surface area is 113 Å². The summed E-state index contributed by atoms with van der Waals surface area (Å²) < 4.78 is 57.1. The third-order valence-electron chi connectivity index (χ3n) is 2.20. The molecule has 8 heteroatoms. The topological polar surface area (TPSA) is 52.3 Å². The normalized spacial score (nSPS) is 13.4. The first-order valence-corrected chi connectivity index (χ1v) is 5.09. The molecule has 19 heavy (non-hydrogen) atoms. The van der Waals surface area contributed by atoms with Crippen LogP contribution >= 0.6 is 12.4 Å². The molecule has 2 N–H and O–H groups in total. The zero-order valence-electron chi connectivity index (χ0n) is 9.83. The molecule has 1 rings (SSSR count). The molecule has 3 nitrogen and oxygen atoms in total. The van der Waals surface area contributed by atoms with Crippen LogP contribution in [0.4, 0.5) is 17.6 Å². The monoisotopic (exact) mass is 301 g/mol. The van der Waals surface area contributed by atoms with E-state index in [0.717, 1.165) is 0 Å². The van der Waals surface area contributed by atoms with Crippen LogP contribution in [0.1, 0.15) is 18.5 Å². The van der Waals surface area contributed by atoms with E-state index in [1.54, 1.807) is 0 Å². The standard InChI is InChI=1S/C11H11F4NO2.ClH/c1-2-18-11(17)9(15)10(16)8-6(13)3-5(12)4-7(8)14;/h3-4,9-10H,2,16H2,1H3;1H/t9?,10-;/m1./s1. The number of hydrogen-bond acceptors (Lipinski definition) is 3. The maximum absolute atomic E-state index is 13.5. The fourth-order valence-corrected chi connectivity index (χ4v) is 1.39. The Hall–Kier alpha value is -1.34. The minimum Gasteiger partial charge on any atom is -0.464 e. The molecule has 0 aliphatic rings. The minimum atomic E-state index is -2.43. The summed E-state index contributed by atoms with van der Waals surface area (Å²) in [6, 6.07) is -1.18. The number of carbonyl (C=O) groups excluding carboxylic acids is 1. The van der Waals surface area contributed by atoms with Crippen LogP contribution in [0.15, 0.2) is 12.1 Å². The molecule has 1 aromatic carbocycles. The van der Waals surface area contributed by atoms with Crippen LogP contribution in [0.2, 0.25) is 0 Å². The summed E-state index contributed by atoms with van der Waals surface area (Å²) in [5, 5.41) is 0. The van der Waals surface area contributed by atoms with Gasteiger partial charge in [0.25, 0.3) is 0 Å². The molecule has 0 saturated heterocycles. The van der Waals surface area contributed by atoms with Crippen molar-refractivity contribution in [2.75, 3.05) is 6.61 Å². The van der Waals surface area contributed by atoms with Crippen molar-refractivity contribution in [2.24, 2.45) is 5.73 Å². The van der Waals surface area contributed by atoms with Crippen LogP contribution in [0.5, 0.6) is 0 Å². The summed E-state index contributed by atoms with van der Waals surface area (Å²) in [7, 11) is 0. The van der Waals surface area contributed by atoms with Crippen molar-refractivity contribution in [1.29, 1.82) is 0 Å². The van der Waals surface area contributed by atoms with Crippen LogP contribution in [0.3, 0.4) is 0 Å². The molecule has 0 bridgehead atoms. The number of benzene rings is 1. The highest BCUT2D eigenvalue weighted by Crippen LogP contribution is 2.24. The van der Waals surface area contributed by atoms with Crippen molar-refractivity contribution < 1.29 is 27.1 Å². The zero-order chi connectivity index (χ0) is 13.9. The summed E-state index contributed by atoms with van der Waals surface area (Å²) in [6.07, 6.45) is -2.43. The summed E-state index contributed by atoms with van der Waals surface area (Å²) in [5.74, 6) is -5.19. The zero-order valence-corrected chi connectivity index (χ0v) is 10.6. The fourth-order valence-electron chi connectivity index (χ4n) is 1.39. The molecule has 1 unspecified atom stereocenters. The predicted molar refractivity (Wildman–Crippen MR) is 62.0 cm³/mol. The number of nitrogens with two attached hydrogens (primary N) is 1. The van der Waals surface area contributed by atoms with Crippen LogP contribution in [-0.2, 0) is 9.53 Å². The maximum atomic E-state index is 13.5. The SMILES string of the molecule is CCOC(=O)C(F)[C@H](N)c1c(F)cc(F)cc1F.Cl. The van der Waals surface area contributed by atoms with Gasteiger partial charge in [-0.05, 0) is 6.92 Å². The molecule has 0 aliphatic carbocycles. The highest BCUT2D eigenvalue weighted by molar-refractivity contribution is 5.85. The number of esters is 1. The van der Waals surface area contributed by atoms with Gasteiger partial charge in [-0.3, -0.25) is 0 Å². The Kier molecular flexibility index (Phi) is 6.78. The van der Waals surface area contributed by atoms with E-state index in [9.17, 15) is 22.4 Å².